The van der Waals surface area contributed by atoms with Crippen LogP contribution in [0.25, 0.3) is 0 Å². The number of thioether (sulfide) groups is 1. The molecule has 0 aromatic rings. The maximum atomic E-state index is 12.9. The first-order valence-electron chi connectivity index (χ1n) is 4.86. The van der Waals surface area contributed by atoms with Gasteiger partial charge in [-0.3, -0.25) is 4.90 Å². The van der Waals surface area contributed by atoms with Crippen LogP contribution in [-0.4, -0.2) is 49.0 Å². The van der Waals surface area contributed by atoms with Crippen molar-refractivity contribution in [3.05, 3.63) is 0 Å². The molecule has 1 heterocycles. The van der Waals surface area contributed by atoms with Crippen LogP contribution < -0.4 is 5.73 Å². The minimum Gasteiger partial charge on any atom is -0.325 e. The van der Waals surface area contributed by atoms with Gasteiger partial charge < -0.3 is 5.73 Å². The lowest BCUT2D eigenvalue weighted by Crippen LogP contribution is -2.40. The molecule has 1 saturated heterocycles. The van der Waals surface area contributed by atoms with Gasteiger partial charge in [-0.25, -0.2) is 8.78 Å². The molecule has 1 rings (SSSR count). The Labute approximate surface area is 88.2 Å². The second-order valence-corrected chi connectivity index (χ2v) is 4.82. The quantitative estimate of drug-likeness (QED) is 0.762. The fourth-order valence-electron chi connectivity index (χ4n) is 1.82. The first-order valence-corrected chi connectivity index (χ1v) is 6.26. The lowest BCUT2D eigenvalue weighted by atomic mass is 10.2. The number of rotatable bonds is 5. The Morgan fingerprint density at radius 1 is 1.57 bits per heavy atom. The van der Waals surface area contributed by atoms with Crippen LogP contribution in [0, 0.1) is 5.92 Å². The SMILES string of the molecule is CSCC1CCN(CC(F)(F)CN)C1. The lowest BCUT2D eigenvalue weighted by molar-refractivity contribution is -0.0186. The van der Waals surface area contributed by atoms with Gasteiger partial charge in [-0.1, -0.05) is 0 Å². The number of nitrogens with two attached hydrogens (primary N) is 1. The van der Waals surface area contributed by atoms with Gasteiger partial charge in [0.15, 0.2) is 0 Å². The van der Waals surface area contributed by atoms with Crippen molar-refractivity contribution in [2.75, 3.05) is 38.2 Å². The molecule has 0 radical (unpaired) electrons. The number of alkyl halides is 2. The smallest absolute Gasteiger partial charge is 0.272 e. The van der Waals surface area contributed by atoms with Crippen LogP contribution in [0.3, 0.4) is 0 Å². The lowest BCUT2D eigenvalue weighted by Gasteiger charge is -2.22. The first-order chi connectivity index (χ1) is 6.57. The van der Waals surface area contributed by atoms with Crippen LogP contribution in [0.5, 0.6) is 0 Å². The molecule has 0 aromatic carbocycles. The molecular formula is C9H18F2N2S. The van der Waals surface area contributed by atoms with Crippen molar-refractivity contribution in [2.45, 2.75) is 12.3 Å². The Morgan fingerprint density at radius 3 is 2.86 bits per heavy atom. The van der Waals surface area contributed by atoms with Gasteiger partial charge in [0.25, 0.3) is 5.92 Å². The zero-order valence-corrected chi connectivity index (χ0v) is 9.33. The van der Waals surface area contributed by atoms with Gasteiger partial charge in [0.2, 0.25) is 0 Å². The highest BCUT2D eigenvalue weighted by molar-refractivity contribution is 7.98. The van der Waals surface area contributed by atoms with Gasteiger partial charge in [-0.2, -0.15) is 11.8 Å². The molecule has 1 aliphatic heterocycles. The summed E-state index contributed by atoms with van der Waals surface area (Å²) < 4.78 is 25.9. The summed E-state index contributed by atoms with van der Waals surface area (Å²) >= 11 is 1.79. The van der Waals surface area contributed by atoms with Crippen molar-refractivity contribution >= 4 is 11.8 Å². The van der Waals surface area contributed by atoms with Crippen molar-refractivity contribution in [1.29, 1.82) is 0 Å². The highest BCUT2D eigenvalue weighted by atomic mass is 32.2. The van der Waals surface area contributed by atoms with Crippen LogP contribution in [0.15, 0.2) is 0 Å². The fraction of sp³-hybridized carbons (Fsp3) is 1.00. The van der Waals surface area contributed by atoms with E-state index in [1.807, 2.05) is 4.90 Å². The van der Waals surface area contributed by atoms with Gasteiger partial charge in [0, 0.05) is 6.54 Å². The Hall–Kier alpha value is 0.130. The molecule has 84 valence electrons. The Bertz CT molecular complexity index is 178. The van der Waals surface area contributed by atoms with E-state index < -0.39 is 12.5 Å². The monoisotopic (exact) mass is 224 g/mol. The fourth-order valence-corrected chi connectivity index (χ4v) is 2.56. The number of likely N-dealkylation sites (tertiary alicyclic amines) is 1. The number of nitrogens with zero attached hydrogens (tertiary/aromatic N) is 1. The molecule has 0 saturated carbocycles. The van der Waals surface area contributed by atoms with Gasteiger partial charge in [0.1, 0.15) is 0 Å². The minimum absolute atomic E-state index is 0.172. The van der Waals surface area contributed by atoms with E-state index in [0.29, 0.717) is 5.92 Å². The predicted octanol–water partition coefficient (Wildman–Crippen LogP) is 1.27. The second-order valence-electron chi connectivity index (χ2n) is 3.91. The summed E-state index contributed by atoms with van der Waals surface area (Å²) in [6, 6.07) is 0. The maximum Gasteiger partial charge on any atom is 0.272 e. The molecule has 14 heavy (non-hydrogen) atoms. The second kappa shape index (κ2) is 5.28. The first kappa shape index (κ1) is 12.2. The molecule has 1 atom stereocenters. The Morgan fingerprint density at radius 2 is 2.29 bits per heavy atom. The zero-order chi connectivity index (χ0) is 10.6. The normalized spacial score (nSPS) is 24.4. The van der Waals surface area contributed by atoms with E-state index in [2.05, 4.69) is 6.26 Å². The van der Waals surface area contributed by atoms with E-state index in [0.717, 1.165) is 25.3 Å². The van der Waals surface area contributed by atoms with E-state index >= 15 is 0 Å². The molecule has 0 bridgehead atoms. The zero-order valence-electron chi connectivity index (χ0n) is 8.51. The molecule has 1 unspecified atom stereocenters. The third-order valence-corrected chi connectivity index (χ3v) is 3.33. The van der Waals surface area contributed by atoms with Crippen LogP contribution in [0.1, 0.15) is 6.42 Å². The summed E-state index contributed by atoms with van der Waals surface area (Å²) in [5.74, 6) is -1.06. The third-order valence-electron chi connectivity index (χ3n) is 2.53. The van der Waals surface area contributed by atoms with Crippen LogP contribution in [-0.2, 0) is 0 Å². The maximum absolute atomic E-state index is 12.9. The molecule has 0 amide bonds. The van der Waals surface area contributed by atoms with Crippen molar-refractivity contribution in [3.63, 3.8) is 0 Å². The highest BCUT2D eigenvalue weighted by Crippen LogP contribution is 2.23. The van der Waals surface area contributed by atoms with Crippen molar-refractivity contribution in [1.82, 2.24) is 4.90 Å². The topological polar surface area (TPSA) is 29.3 Å². The van der Waals surface area contributed by atoms with Crippen LogP contribution in [0.4, 0.5) is 8.78 Å². The standard InChI is InChI=1S/C9H18F2N2S/c1-14-5-8-2-3-13(4-8)7-9(10,11)6-12/h8H,2-7,12H2,1H3. The van der Waals surface area contributed by atoms with Gasteiger partial charge in [-0.05, 0) is 30.9 Å². The number of hydrogen-bond donors (Lipinski definition) is 1. The van der Waals surface area contributed by atoms with Crippen LogP contribution in [0.2, 0.25) is 0 Å². The van der Waals surface area contributed by atoms with E-state index in [9.17, 15) is 8.78 Å². The Balaban J connectivity index is 2.28. The van der Waals surface area contributed by atoms with Crippen molar-refractivity contribution in [3.8, 4) is 0 Å². The summed E-state index contributed by atoms with van der Waals surface area (Å²) in [5.41, 5.74) is 5.00. The summed E-state index contributed by atoms with van der Waals surface area (Å²) in [6.07, 6.45) is 3.10. The predicted molar refractivity (Wildman–Crippen MR) is 56.9 cm³/mol. The van der Waals surface area contributed by atoms with E-state index in [4.69, 9.17) is 5.73 Å². The molecule has 1 fully saturated rings. The Kier molecular flexibility index (Phi) is 4.60. The molecule has 2 nitrogen and oxygen atoms in total. The largest absolute Gasteiger partial charge is 0.325 e. The highest BCUT2D eigenvalue weighted by Gasteiger charge is 2.33. The molecule has 2 N–H and O–H groups in total. The molecule has 0 aromatic heterocycles. The summed E-state index contributed by atoms with van der Waals surface area (Å²) in [5, 5.41) is 0. The average Bonchev–Trinajstić information content (AvgIpc) is 2.53. The number of hydrogen-bond acceptors (Lipinski definition) is 3. The van der Waals surface area contributed by atoms with Crippen molar-refractivity contribution < 1.29 is 8.78 Å². The minimum atomic E-state index is -2.71. The average molecular weight is 224 g/mol. The molecule has 0 spiro atoms. The molecule has 0 aliphatic carbocycles. The third kappa shape index (κ3) is 3.71. The van der Waals surface area contributed by atoms with Crippen molar-refractivity contribution in [2.24, 2.45) is 11.7 Å². The summed E-state index contributed by atoms with van der Waals surface area (Å²) in [7, 11) is 0. The van der Waals surface area contributed by atoms with Crippen LogP contribution >= 0.6 is 11.8 Å². The van der Waals surface area contributed by atoms with E-state index in [1.165, 1.54) is 0 Å². The molecule has 1 aliphatic rings. The number of halogens is 2. The van der Waals surface area contributed by atoms with Gasteiger partial charge in [-0.15, -0.1) is 0 Å². The van der Waals surface area contributed by atoms with E-state index in [-0.39, 0.29) is 6.54 Å². The van der Waals surface area contributed by atoms with E-state index in [1.54, 1.807) is 11.8 Å². The summed E-state index contributed by atoms with van der Waals surface area (Å²) in [4.78, 5) is 1.83. The van der Waals surface area contributed by atoms with Gasteiger partial charge in [0.05, 0.1) is 13.1 Å². The van der Waals surface area contributed by atoms with Gasteiger partial charge >= 0.3 is 0 Å². The molecule has 5 heteroatoms. The summed E-state index contributed by atoms with van der Waals surface area (Å²) in [6.45, 7) is 0.877. The molecular weight excluding hydrogens is 206 g/mol.